The molecule has 3 heterocycles. The molecule has 130 valence electrons. The van der Waals surface area contributed by atoms with Gasteiger partial charge in [-0.2, -0.15) is 0 Å². The van der Waals surface area contributed by atoms with Crippen molar-refractivity contribution in [1.82, 2.24) is 14.8 Å². The monoisotopic (exact) mass is 352 g/mol. The second-order valence-corrected chi connectivity index (χ2v) is 8.34. The summed E-state index contributed by atoms with van der Waals surface area (Å²) in [6.07, 6.45) is 2.91. The summed E-state index contributed by atoms with van der Waals surface area (Å²) < 4.78 is 23.0. The quantitative estimate of drug-likeness (QED) is 0.740. The van der Waals surface area contributed by atoms with Gasteiger partial charge in [-0.3, -0.25) is 14.6 Å². The van der Waals surface area contributed by atoms with Gasteiger partial charge in [0.15, 0.2) is 9.84 Å². The highest BCUT2D eigenvalue weighted by Crippen LogP contribution is 2.18. The lowest BCUT2D eigenvalue weighted by Gasteiger charge is -2.32. The third kappa shape index (κ3) is 3.84. The Kier molecular flexibility index (Phi) is 4.70. The second kappa shape index (κ2) is 6.76. The van der Waals surface area contributed by atoms with Gasteiger partial charge >= 0.3 is 0 Å². The van der Waals surface area contributed by atoms with Crippen molar-refractivity contribution in [2.24, 2.45) is 0 Å². The number of carbonyl (C=O) groups is 2. The lowest BCUT2D eigenvalue weighted by molar-refractivity contribution is -0.119. The number of amides is 2. The fourth-order valence-corrected chi connectivity index (χ4v) is 4.65. The Balaban J connectivity index is 1.64. The minimum absolute atomic E-state index is 0.117. The number of carbonyl (C=O) groups excluding carboxylic acids is 2. The van der Waals surface area contributed by atoms with Crippen LogP contribution in [0.3, 0.4) is 0 Å². The molecule has 1 unspecified atom stereocenters. The van der Waals surface area contributed by atoms with E-state index in [-0.39, 0.29) is 23.5 Å². The second-order valence-electron chi connectivity index (χ2n) is 6.11. The number of hydrogen-bond acceptors (Lipinski definition) is 6. The molecule has 1 atom stereocenters. The van der Waals surface area contributed by atoms with Crippen molar-refractivity contribution >= 4 is 27.8 Å². The molecule has 0 saturated carbocycles. The number of sulfone groups is 1. The Labute approximate surface area is 140 Å². The average molecular weight is 352 g/mol. The van der Waals surface area contributed by atoms with Crippen LogP contribution in [-0.4, -0.2) is 79.2 Å². The van der Waals surface area contributed by atoms with E-state index in [1.165, 1.54) is 0 Å². The van der Waals surface area contributed by atoms with Gasteiger partial charge in [-0.1, -0.05) is 0 Å². The van der Waals surface area contributed by atoms with Gasteiger partial charge in [0, 0.05) is 44.1 Å². The zero-order valence-corrected chi connectivity index (χ0v) is 14.0. The van der Waals surface area contributed by atoms with Gasteiger partial charge in [-0.25, -0.2) is 8.42 Å². The highest BCUT2D eigenvalue weighted by molar-refractivity contribution is 7.91. The van der Waals surface area contributed by atoms with Crippen LogP contribution in [0, 0.1) is 0 Å². The minimum Gasteiger partial charge on any atom is -0.381 e. The van der Waals surface area contributed by atoms with E-state index >= 15 is 0 Å². The third-order valence-electron chi connectivity index (χ3n) is 4.33. The van der Waals surface area contributed by atoms with Crippen LogP contribution < -0.4 is 5.32 Å². The lowest BCUT2D eigenvalue weighted by atomic mass is 10.2. The molecule has 1 aromatic rings. The fourth-order valence-electron chi connectivity index (χ4n) is 2.97. The number of nitrogens with one attached hydrogen (secondary N) is 1. The van der Waals surface area contributed by atoms with Crippen LogP contribution in [0.15, 0.2) is 18.3 Å². The summed E-state index contributed by atoms with van der Waals surface area (Å²) in [5.74, 6) is 0.137. The van der Waals surface area contributed by atoms with Crippen molar-refractivity contribution in [3.8, 4) is 0 Å². The van der Waals surface area contributed by atoms with Crippen LogP contribution in [0.5, 0.6) is 0 Å². The van der Waals surface area contributed by atoms with Crippen molar-refractivity contribution in [3.63, 3.8) is 0 Å². The molecular weight excluding hydrogens is 332 g/mol. The Bertz CT molecular complexity index is 729. The van der Waals surface area contributed by atoms with Crippen molar-refractivity contribution in [2.75, 3.05) is 43.0 Å². The zero-order chi connectivity index (χ0) is 17.2. The molecule has 8 nitrogen and oxygen atoms in total. The van der Waals surface area contributed by atoms with E-state index in [9.17, 15) is 18.0 Å². The smallest absolute Gasteiger partial charge is 0.272 e. The van der Waals surface area contributed by atoms with Crippen molar-refractivity contribution < 1.29 is 18.0 Å². The minimum atomic E-state index is -2.95. The largest absolute Gasteiger partial charge is 0.381 e. The molecule has 0 spiro atoms. The summed E-state index contributed by atoms with van der Waals surface area (Å²) >= 11 is 0. The van der Waals surface area contributed by atoms with Crippen molar-refractivity contribution in [1.29, 1.82) is 0 Å². The van der Waals surface area contributed by atoms with Crippen molar-refractivity contribution in [3.05, 3.63) is 24.0 Å². The number of anilines is 1. The first-order valence-electron chi connectivity index (χ1n) is 7.88. The van der Waals surface area contributed by atoms with E-state index in [0.29, 0.717) is 44.0 Å². The van der Waals surface area contributed by atoms with E-state index < -0.39 is 9.84 Å². The van der Waals surface area contributed by atoms with E-state index in [4.69, 9.17) is 0 Å². The molecule has 9 heteroatoms. The van der Waals surface area contributed by atoms with E-state index in [1.54, 1.807) is 28.1 Å². The number of pyridine rings is 1. The van der Waals surface area contributed by atoms with Crippen molar-refractivity contribution in [2.45, 2.75) is 12.5 Å². The highest BCUT2D eigenvalue weighted by Gasteiger charge is 2.28. The molecule has 1 N–H and O–H groups in total. The van der Waals surface area contributed by atoms with Crippen LogP contribution in [0.25, 0.3) is 0 Å². The number of piperazine rings is 1. The number of rotatable bonds is 4. The topological polar surface area (TPSA) is 99.7 Å². The Morgan fingerprint density at radius 2 is 2.04 bits per heavy atom. The molecule has 0 aliphatic carbocycles. The summed E-state index contributed by atoms with van der Waals surface area (Å²) in [6, 6.07) is 3.25. The van der Waals surface area contributed by atoms with Gasteiger partial charge in [0.2, 0.25) is 6.41 Å². The SMILES string of the molecule is O=CN1CCN(C(=O)c2cc(NC3CCS(=O)(=O)C3)ccn2)CC1. The first kappa shape index (κ1) is 16.7. The molecule has 0 bridgehead atoms. The van der Waals surface area contributed by atoms with Gasteiger partial charge in [0.05, 0.1) is 11.5 Å². The molecule has 3 rings (SSSR count). The molecule has 2 amide bonds. The normalized spacial score (nSPS) is 23.1. The number of nitrogens with zero attached hydrogens (tertiary/aromatic N) is 3. The summed E-state index contributed by atoms with van der Waals surface area (Å²) in [4.78, 5) is 30.7. The maximum atomic E-state index is 12.5. The summed E-state index contributed by atoms with van der Waals surface area (Å²) in [5.41, 5.74) is 1.02. The first-order valence-corrected chi connectivity index (χ1v) is 9.70. The maximum absolute atomic E-state index is 12.5. The maximum Gasteiger partial charge on any atom is 0.272 e. The number of aromatic nitrogens is 1. The van der Waals surface area contributed by atoms with E-state index in [0.717, 1.165) is 6.41 Å². The predicted octanol–water partition coefficient (Wildman–Crippen LogP) is -0.405. The number of hydrogen-bond donors (Lipinski definition) is 1. The van der Waals surface area contributed by atoms with Gasteiger partial charge < -0.3 is 15.1 Å². The molecule has 2 aliphatic rings. The predicted molar refractivity (Wildman–Crippen MR) is 88.5 cm³/mol. The fraction of sp³-hybridized carbons (Fsp3) is 0.533. The molecular formula is C15H20N4O4S. The van der Waals surface area contributed by atoms with Crippen LogP contribution in [0.1, 0.15) is 16.9 Å². The van der Waals surface area contributed by atoms with E-state index in [1.807, 2.05) is 0 Å². The van der Waals surface area contributed by atoms with Crippen LogP contribution >= 0.6 is 0 Å². The average Bonchev–Trinajstić information content (AvgIpc) is 2.93. The van der Waals surface area contributed by atoms with E-state index in [2.05, 4.69) is 10.3 Å². The Morgan fingerprint density at radius 3 is 2.67 bits per heavy atom. The first-order chi connectivity index (χ1) is 11.5. The summed E-state index contributed by atoms with van der Waals surface area (Å²) in [5, 5.41) is 3.17. The molecule has 2 fully saturated rings. The van der Waals surface area contributed by atoms with Crippen LogP contribution in [0.2, 0.25) is 0 Å². The molecule has 2 saturated heterocycles. The van der Waals surface area contributed by atoms with Gasteiger partial charge in [0.1, 0.15) is 5.69 Å². The molecule has 0 radical (unpaired) electrons. The summed E-state index contributed by atoms with van der Waals surface area (Å²) in [6.45, 7) is 2.01. The van der Waals surface area contributed by atoms with Crippen LogP contribution in [-0.2, 0) is 14.6 Å². The van der Waals surface area contributed by atoms with Crippen LogP contribution in [0.4, 0.5) is 5.69 Å². The van der Waals surface area contributed by atoms with Gasteiger partial charge in [-0.05, 0) is 18.6 Å². The third-order valence-corrected chi connectivity index (χ3v) is 6.10. The lowest BCUT2D eigenvalue weighted by Crippen LogP contribution is -2.48. The van der Waals surface area contributed by atoms with Gasteiger partial charge in [-0.15, -0.1) is 0 Å². The zero-order valence-electron chi connectivity index (χ0n) is 13.2. The molecule has 1 aromatic heterocycles. The Hall–Kier alpha value is -2.16. The summed E-state index contributed by atoms with van der Waals surface area (Å²) in [7, 11) is -2.95. The molecule has 0 aromatic carbocycles. The standard InChI is InChI=1S/C15H20N4O4S/c20-11-18-4-6-19(7-5-18)15(21)14-9-12(1-3-16-14)17-13-2-8-24(22,23)10-13/h1,3,9,11,13H,2,4-8,10H2,(H,16,17). The molecule has 2 aliphatic heterocycles. The Morgan fingerprint density at radius 1 is 1.29 bits per heavy atom. The molecule has 24 heavy (non-hydrogen) atoms. The van der Waals surface area contributed by atoms with Gasteiger partial charge in [0.25, 0.3) is 5.91 Å². The highest BCUT2D eigenvalue weighted by atomic mass is 32.2.